The second-order valence-corrected chi connectivity index (χ2v) is 14.5. The highest BCUT2D eigenvalue weighted by Crippen LogP contribution is 2.48. The number of rotatable bonds is 6. The van der Waals surface area contributed by atoms with Crippen LogP contribution in [0.25, 0.3) is 11.6 Å². The first kappa shape index (κ1) is 43.0. The standard InChI is InChI=1S/C34H30F12N12/c1-29(2,3)25-23(53-51-21-15(31(35,36)37)9-7-10-16(21)32(38,39)40)27(47)57(55-25)19-13-20(50-14-49-19)58-28(48)24(26(56-58)30(4,5)6)54-52-22-17(33(41,42)43)11-8-12-18(22)34(44,45)46/h7-14H,47-48H2,1-6H3/b53-51+,54-52+. The fraction of sp³-hybridized carbons (Fsp3) is 0.353. The molecule has 3 heterocycles. The molecule has 0 aliphatic carbocycles. The highest BCUT2D eigenvalue weighted by atomic mass is 19.4. The highest BCUT2D eigenvalue weighted by Gasteiger charge is 2.43. The van der Waals surface area contributed by atoms with Gasteiger partial charge in [0.2, 0.25) is 0 Å². The van der Waals surface area contributed by atoms with Gasteiger partial charge >= 0.3 is 24.7 Å². The molecule has 310 valence electrons. The third-order valence-corrected chi connectivity index (χ3v) is 8.08. The molecule has 0 saturated heterocycles. The smallest absolute Gasteiger partial charge is 0.382 e. The Morgan fingerprint density at radius 3 is 1.00 bits per heavy atom. The first-order valence-corrected chi connectivity index (χ1v) is 16.4. The third-order valence-electron chi connectivity index (χ3n) is 8.08. The van der Waals surface area contributed by atoms with E-state index >= 15 is 0 Å². The summed E-state index contributed by atoms with van der Waals surface area (Å²) in [5.41, 5.74) is -0.161. The molecule has 0 fully saturated rings. The Bertz CT molecular complexity index is 2180. The van der Waals surface area contributed by atoms with Crippen molar-refractivity contribution < 1.29 is 52.7 Å². The molecule has 2 aromatic carbocycles. The molecule has 12 nitrogen and oxygen atoms in total. The van der Waals surface area contributed by atoms with Crippen LogP contribution < -0.4 is 11.5 Å². The quantitative estimate of drug-likeness (QED) is 0.128. The van der Waals surface area contributed by atoms with E-state index in [4.69, 9.17) is 11.5 Å². The van der Waals surface area contributed by atoms with E-state index < -0.39 is 92.2 Å². The average molecular weight is 835 g/mol. The van der Waals surface area contributed by atoms with E-state index in [0.717, 1.165) is 21.8 Å². The summed E-state index contributed by atoms with van der Waals surface area (Å²) in [6.07, 6.45) is -20.1. The second-order valence-electron chi connectivity index (χ2n) is 14.5. The SMILES string of the molecule is CC(C)(C)c1nn(-c2cc(-n3nc(C(C)(C)C)c(/N=N/c4c(C(F)(F)F)cccc4C(F)(F)F)c3N)ncn2)c(N)c1/N=N/c1c(C(F)(F)F)cccc1C(F)(F)F. The second kappa shape index (κ2) is 14.4. The third kappa shape index (κ3) is 8.58. The molecule has 0 aliphatic rings. The summed E-state index contributed by atoms with van der Waals surface area (Å²) in [6.45, 7) is 9.55. The zero-order chi connectivity index (χ0) is 43.6. The maximum absolute atomic E-state index is 13.8. The Morgan fingerprint density at radius 2 is 0.741 bits per heavy atom. The summed E-state index contributed by atoms with van der Waals surface area (Å²) in [4.78, 5) is 8.19. The van der Waals surface area contributed by atoms with Crippen molar-refractivity contribution in [2.75, 3.05) is 11.5 Å². The molecule has 0 amide bonds. The van der Waals surface area contributed by atoms with Gasteiger partial charge in [-0.3, -0.25) is 0 Å². The molecule has 4 N–H and O–H groups in total. The highest BCUT2D eigenvalue weighted by molar-refractivity contribution is 5.68. The van der Waals surface area contributed by atoms with Crippen molar-refractivity contribution in [3.05, 3.63) is 82.4 Å². The van der Waals surface area contributed by atoms with Gasteiger partial charge in [0.1, 0.15) is 17.7 Å². The number of nitrogens with two attached hydrogens (primary N) is 2. The first-order chi connectivity index (χ1) is 26.4. The molecule has 3 aromatic heterocycles. The van der Waals surface area contributed by atoms with Crippen molar-refractivity contribution in [2.45, 2.75) is 77.1 Å². The van der Waals surface area contributed by atoms with E-state index in [-0.39, 0.29) is 23.0 Å². The molecule has 0 unspecified atom stereocenters. The number of halogens is 12. The van der Waals surface area contributed by atoms with Gasteiger partial charge in [-0.05, 0) is 24.3 Å². The normalized spacial score (nSPS) is 13.7. The van der Waals surface area contributed by atoms with Crippen molar-refractivity contribution in [1.29, 1.82) is 0 Å². The predicted molar refractivity (Wildman–Crippen MR) is 184 cm³/mol. The molecular weight excluding hydrogens is 804 g/mol. The molecule has 0 saturated carbocycles. The molecule has 0 bridgehead atoms. The van der Waals surface area contributed by atoms with Crippen LogP contribution in [0.4, 0.5) is 87.1 Å². The van der Waals surface area contributed by atoms with Crippen molar-refractivity contribution >= 4 is 34.4 Å². The lowest BCUT2D eigenvalue weighted by Gasteiger charge is -2.16. The van der Waals surface area contributed by atoms with Crippen LogP contribution in [0.15, 0.2) is 69.2 Å². The van der Waals surface area contributed by atoms with Gasteiger partial charge in [-0.25, -0.2) is 9.97 Å². The zero-order valence-corrected chi connectivity index (χ0v) is 30.8. The Morgan fingerprint density at radius 1 is 0.466 bits per heavy atom. The van der Waals surface area contributed by atoms with Crippen molar-refractivity contribution in [1.82, 2.24) is 29.5 Å². The van der Waals surface area contributed by atoms with Gasteiger partial charge in [-0.15, -0.1) is 20.5 Å². The van der Waals surface area contributed by atoms with Crippen LogP contribution in [0.5, 0.6) is 0 Å². The molecule has 0 spiro atoms. The lowest BCUT2D eigenvalue weighted by atomic mass is 9.91. The number of hydrogen-bond acceptors (Lipinski definition) is 10. The average Bonchev–Trinajstić information content (AvgIpc) is 3.60. The Balaban J connectivity index is 1.66. The molecule has 24 heteroatoms. The summed E-state index contributed by atoms with van der Waals surface area (Å²) in [5, 5.41) is 23.0. The molecule has 0 radical (unpaired) electrons. The van der Waals surface area contributed by atoms with E-state index in [0.29, 0.717) is 36.4 Å². The molecule has 58 heavy (non-hydrogen) atoms. The molecule has 0 aliphatic heterocycles. The van der Waals surface area contributed by atoms with Gasteiger partial charge in [0.05, 0.1) is 33.6 Å². The van der Waals surface area contributed by atoms with Crippen molar-refractivity contribution in [2.24, 2.45) is 20.5 Å². The lowest BCUT2D eigenvalue weighted by Crippen LogP contribution is -2.14. The monoisotopic (exact) mass is 834 g/mol. The number of nitrogen functional groups attached to an aromatic ring is 2. The van der Waals surface area contributed by atoms with Crippen LogP contribution in [0, 0.1) is 0 Å². The minimum Gasteiger partial charge on any atom is -0.382 e. The van der Waals surface area contributed by atoms with Crippen molar-refractivity contribution in [3.8, 4) is 11.6 Å². The number of alkyl halides is 12. The fourth-order valence-corrected chi connectivity index (χ4v) is 5.39. The number of nitrogens with zero attached hydrogens (tertiary/aromatic N) is 10. The molecule has 5 aromatic rings. The van der Waals surface area contributed by atoms with Gasteiger partial charge in [-0.1, -0.05) is 53.7 Å². The summed E-state index contributed by atoms with van der Waals surface area (Å²) >= 11 is 0. The van der Waals surface area contributed by atoms with Crippen molar-refractivity contribution in [3.63, 3.8) is 0 Å². The van der Waals surface area contributed by atoms with E-state index in [9.17, 15) is 52.7 Å². The Kier molecular flexibility index (Phi) is 10.7. The van der Waals surface area contributed by atoms with E-state index in [1.165, 1.54) is 0 Å². The fourth-order valence-electron chi connectivity index (χ4n) is 5.39. The predicted octanol–water partition coefficient (Wildman–Crippen LogP) is 11.5. The first-order valence-electron chi connectivity index (χ1n) is 16.4. The summed E-state index contributed by atoms with van der Waals surface area (Å²) in [7, 11) is 0. The topological polar surface area (TPSA) is 163 Å². The van der Waals surface area contributed by atoms with Crippen LogP contribution >= 0.6 is 0 Å². The summed E-state index contributed by atoms with van der Waals surface area (Å²) in [6, 6.07) is 3.93. The van der Waals surface area contributed by atoms with Crippen LogP contribution in [0.3, 0.4) is 0 Å². The number of anilines is 2. The van der Waals surface area contributed by atoms with E-state index in [2.05, 4.69) is 40.6 Å². The van der Waals surface area contributed by atoms with Gasteiger partial charge in [-0.2, -0.15) is 72.2 Å². The Labute approximate surface area is 319 Å². The van der Waals surface area contributed by atoms with Gasteiger partial charge in [0, 0.05) is 16.9 Å². The number of azo groups is 2. The largest absolute Gasteiger partial charge is 0.418 e. The molecule has 5 rings (SSSR count). The minimum absolute atomic E-state index is 0.0411. The van der Waals surface area contributed by atoms with Gasteiger partial charge in [0.25, 0.3) is 0 Å². The van der Waals surface area contributed by atoms with Crippen LogP contribution in [-0.2, 0) is 35.5 Å². The van der Waals surface area contributed by atoms with Crippen LogP contribution in [0.1, 0.15) is 75.2 Å². The number of benzene rings is 2. The van der Waals surface area contributed by atoms with E-state index in [1.807, 2.05) is 0 Å². The van der Waals surface area contributed by atoms with Crippen LogP contribution in [0.2, 0.25) is 0 Å². The maximum Gasteiger partial charge on any atom is 0.418 e. The molecular formula is C34H30F12N12. The Hall–Kier alpha value is -6.10. The summed E-state index contributed by atoms with van der Waals surface area (Å²) < 4.78 is 168. The lowest BCUT2D eigenvalue weighted by molar-refractivity contribution is -0.143. The summed E-state index contributed by atoms with van der Waals surface area (Å²) in [5.74, 6) is -1.27. The van der Waals surface area contributed by atoms with E-state index in [1.54, 1.807) is 41.5 Å². The maximum atomic E-state index is 13.8. The number of aromatic nitrogens is 6. The number of hydrogen-bond donors (Lipinski definition) is 2. The molecule has 0 atom stereocenters. The van der Waals surface area contributed by atoms with Gasteiger partial charge < -0.3 is 11.5 Å². The van der Waals surface area contributed by atoms with Gasteiger partial charge in [0.15, 0.2) is 34.6 Å². The van der Waals surface area contributed by atoms with Crippen LogP contribution in [-0.4, -0.2) is 29.5 Å². The zero-order valence-electron chi connectivity index (χ0n) is 30.8. The minimum atomic E-state index is -5.25.